The Balaban J connectivity index is 1.15. The molecule has 0 radical (unpaired) electrons. The average molecular weight is 728 g/mol. The normalized spacial score (nSPS) is 15.8. The molecule has 9 aromatic carbocycles. The van der Waals surface area contributed by atoms with Gasteiger partial charge >= 0.3 is 0 Å². The highest BCUT2D eigenvalue weighted by atomic mass is 15.1. The first-order chi connectivity index (χ1) is 28.0. The van der Waals surface area contributed by atoms with Gasteiger partial charge in [-0.25, -0.2) is 0 Å². The summed E-state index contributed by atoms with van der Waals surface area (Å²) in [5, 5.41) is 2.52. The number of hydrogen-bond acceptors (Lipinski definition) is 1. The summed E-state index contributed by atoms with van der Waals surface area (Å²) in [6.45, 7) is 4.73. The van der Waals surface area contributed by atoms with Crippen LogP contribution in [0, 0.1) is 0 Å². The van der Waals surface area contributed by atoms with Gasteiger partial charge in [-0.3, -0.25) is 0 Å². The van der Waals surface area contributed by atoms with E-state index in [9.17, 15) is 0 Å². The van der Waals surface area contributed by atoms with Crippen LogP contribution in [0.2, 0.25) is 0 Å². The molecule has 0 saturated heterocycles. The van der Waals surface area contributed by atoms with Gasteiger partial charge in [-0.05, 0) is 102 Å². The van der Waals surface area contributed by atoms with E-state index < -0.39 is 5.41 Å². The minimum Gasteiger partial charge on any atom is -0.310 e. The Morgan fingerprint density at radius 3 is 1.75 bits per heavy atom. The smallest absolute Gasteiger partial charge is 0.0714 e. The molecule has 2 aliphatic carbocycles. The molecule has 0 amide bonds. The third-order valence-electron chi connectivity index (χ3n) is 12.8. The van der Waals surface area contributed by atoms with Crippen LogP contribution >= 0.6 is 0 Å². The molecule has 2 aliphatic rings. The molecule has 0 aromatic heterocycles. The third-order valence-corrected chi connectivity index (χ3v) is 12.8. The van der Waals surface area contributed by atoms with Crippen molar-refractivity contribution >= 4 is 27.8 Å². The van der Waals surface area contributed by atoms with Gasteiger partial charge in [-0.1, -0.05) is 196 Å². The van der Waals surface area contributed by atoms with Gasteiger partial charge in [0.15, 0.2) is 0 Å². The average Bonchev–Trinajstić information content (AvgIpc) is 3.70. The Hall–Kier alpha value is -6.96. The van der Waals surface area contributed by atoms with E-state index in [0.29, 0.717) is 0 Å². The van der Waals surface area contributed by atoms with Gasteiger partial charge in [0.2, 0.25) is 0 Å². The van der Waals surface area contributed by atoms with Crippen molar-refractivity contribution in [3.05, 3.63) is 246 Å². The van der Waals surface area contributed by atoms with E-state index >= 15 is 0 Å². The number of para-hydroxylation sites is 1. The van der Waals surface area contributed by atoms with E-state index in [1.807, 2.05) is 0 Å². The van der Waals surface area contributed by atoms with Crippen LogP contribution in [0.15, 0.2) is 212 Å². The molecule has 0 bridgehead atoms. The zero-order valence-corrected chi connectivity index (χ0v) is 32.2. The van der Waals surface area contributed by atoms with Gasteiger partial charge in [0.1, 0.15) is 0 Å². The van der Waals surface area contributed by atoms with Gasteiger partial charge in [-0.2, -0.15) is 0 Å². The van der Waals surface area contributed by atoms with E-state index in [0.717, 1.165) is 11.4 Å². The fraction of sp³-hybridized carbons (Fsp3) is 0.0714. The topological polar surface area (TPSA) is 3.24 Å². The molecule has 0 N–H and O–H groups in total. The molecule has 1 nitrogen and oxygen atoms in total. The molecule has 1 heteroatoms. The summed E-state index contributed by atoms with van der Waals surface area (Å²) in [4.78, 5) is 2.49. The summed E-state index contributed by atoms with van der Waals surface area (Å²) in [5.41, 5.74) is 18.3. The van der Waals surface area contributed by atoms with Gasteiger partial charge in [0.25, 0.3) is 0 Å². The first-order valence-corrected chi connectivity index (χ1v) is 20.0. The van der Waals surface area contributed by atoms with Crippen LogP contribution in [0.3, 0.4) is 0 Å². The molecule has 0 fully saturated rings. The molecule has 0 heterocycles. The second kappa shape index (κ2) is 12.8. The predicted molar refractivity (Wildman–Crippen MR) is 239 cm³/mol. The van der Waals surface area contributed by atoms with E-state index in [4.69, 9.17) is 0 Å². The number of benzene rings is 9. The minimum absolute atomic E-state index is 0.115. The Labute approximate surface area is 335 Å². The van der Waals surface area contributed by atoms with Crippen LogP contribution in [0.4, 0.5) is 17.1 Å². The highest BCUT2D eigenvalue weighted by Crippen LogP contribution is 2.60. The monoisotopic (exact) mass is 727 g/mol. The molecule has 11 rings (SSSR count). The van der Waals surface area contributed by atoms with E-state index in [1.165, 1.54) is 83.2 Å². The highest BCUT2D eigenvalue weighted by molar-refractivity contribution is 5.99. The fourth-order valence-corrected chi connectivity index (χ4v) is 10.2. The molecule has 1 unspecified atom stereocenters. The predicted octanol–water partition coefficient (Wildman–Crippen LogP) is 14.6. The first-order valence-electron chi connectivity index (χ1n) is 20.0. The summed E-state index contributed by atoms with van der Waals surface area (Å²) >= 11 is 0. The lowest BCUT2D eigenvalue weighted by Gasteiger charge is -2.34. The number of fused-ring (bicyclic) bond motifs is 7. The van der Waals surface area contributed by atoms with Crippen LogP contribution in [0.25, 0.3) is 44.2 Å². The van der Waals surface area contributed by atoms with Gasteiger partial charge in [-0.15, -0.1) is 0 Å². The molecule has 270 valence electrons. The lowest BCUT2D eigenvalue weighted by molar-refractivity contribution is 0.660. The number of rotatable bonds is 6. The number of nitrogens with zero attached hydrogens (tertiary/aromatic N) is 1. The minimum atomic E-state index is -0.537. The van der Waals surface area contributed by atoms with Crippen molar-refractivity contribution in [2.45, 2.75) is 24.7 Å². The van der Waals surface area contributed by atoms with Gasteiger partial charge in [0, 0.05) is 22.4 Å². The molecule has 1 atom stereocenters. The van der Waals surface area contributed by atoms with E-state index in [2.05, 4.69) is 231 Å². The second-order valence-electron chi connectivity index (χ2n) is 16.0. The molecular weight excluding hydrogens is 687 g/mol. The van der Waals surface area contributed by atoms with E-state index in [1.54, 1.807) is 0 Å². The lowest BCUT2D eigenvalue weighted by atomic mass is 9.67. The maximum absolute atomic E-state index is 2.49. The zero-order valence-electron chi connectivity index (χ0n) is 32.2. The Bertz CT molecular complexity index is 2970. The van der Waals surface area contributed by atoms with Crippen LogP contribution in [0.1, 0.15) is 47.2 Å². The molecular formula is C56H41N. The molecule has 0 aliphatic heterocycles. The van der Waals surface area contributed by atoms with Crippen molar-refractivity contribution in [1.29, 1.82) is 0 Å². The van der Waals surface area contributed by atoms with Crippen molar-refractivity contribution in [3.8, 4) is 33.4 Å². The highest BCUT2D eigenvalue weighted by Gasteiger charge is 2.47. The Morgan fingerprint density at radius 1 is 0.368 bits per heavy atom. The molecule has 0 saturated carbocycles. The quantitative estimate of drug-likeness (QED) is 0.165. The van der Waals surface area contributed by atoms with Gasteiger partial charge < -0.3 is 4.90 Å². The lowest BCUT2D eigenvalue weighted by Crippen LogP contribution is -2.28. The summed E-state index contributed by atoms with van der Waals surface area (Å²) in [5.74, 6) is 0. The van der Waals surface area contributed by atoms with Gasteiger partial charge in [0.05, 0.1) is 11.1 Å². The van der Waals surface area contributed by atoms with Crippen LogP contribution < -0.4 is 4.90 Å². The van der Waals surface area contributed by atoms with Crippen molar-refractivity contribution in [3.63, 3.8) is 0 Å². The standard InChI is InChI=1S/C56H41N/c1-55(2)49-27-13-11-24-46(49)47-36-35-43(37-52(47)55)57(42-21-7-4-8-22-42)53-30-16-29-51-54(53)48-25-12-14-28-50(48)56(51,40-19-5-3-6-20-40)41-33-31-39(32-34-41)45-26-15-18-38-17-9-10-23-44(38)45/h3-37H,1-2H3. The molecule has 0 spiro atoms. The SMILES string of the molecule is CC1(C)c2ccccc2-c2ccc(N(c3ccccc3)c3cccc4c3-c3ccccc3C4(c3ccccc3)c3ccc(-c4cccc5ccccc45)cc3)cc21. The third kappa shape index (κ3) is 4.89. The van der Waals surface area contributed by atoms with Crippen LogP contribution in [-0.2, 0) is 10.8 Å². The van der Waals surface area contributed by atoms with Crippen LogP contribution in [-0.4, -0.2) is 0 Å². The summed E-state index contributed by atoms with van der Waals surface area (Å²) in [6.07, 6.45) is 0. The molecule has 57 heavy (non-hydrogen) atoms. The fourth-order valence-electron chi connectivity index (χ4n) is 10.2. The van der Waals surface area contributed by atoms with Crippen molar-refractivity contribution in [2.24, 2.45) is 0 Å². The van der Waals surface area contributed by atoms with E-state index in [-0.39, 0.29) is 5.41 Å². The first kappa shape index (κ1) is 33.4. The zero-order chi connectivity index (χ0) is 38.1. The number of anilines is 3. The Kier molecular flexibility index (Phi) is 7.50. The van der Waals surface area contributed by atoms with Crippen LogP contribution in [0.5, 0.6) is 0 Å². The van der Waals surface area contributed by atoms with Crippen molar-refractivity contribution in [1.82, 2.24) is 0 Å². The number of hydrogen-bond donors (Lipinski definition) is 0. The van der Waals surface area contributed by atoms with Crippen molar-refractivity contribution in [2.75, 3.05) is 4.90 Å². The second-order valence-corrected chi connectivity index (χ2v) is 16.0. The maximum atomic E-state index is 2.49. The largest absolute Gasteiger partial charge is 0.310 e. The molecule has 9 aromatic rings. The maximum Gasteiger partial charge on any atom is 0.0714 e. The summed E-state index contributed by atoms with van der Waals surface area (Å²) in [7, 11) is 0. The Morgan fingerprint density at radius 2 is 0.947 bits per heavy atom. The van der Waals surface area contributed by atoms with Crippen molar-refractivity contribution < 1.29 is 0 Å². The summed E-state index contributed by atoms with van der Waals surface area (Å²) in [6, 6.07) is 78.8. The summed E-state index contributed by atoms with van der Waals surface area (Å²) < 4.78 is 0.